The molecule has 8 heteroatoms. The van der Waals surface area contributed by atoms with E-state index in [2.05, 4.69) is 10.5 Å². The topological polar surface area (TPSA) is 88.1 Å². The summed E-state index contributed by atoms with van der Waals surface area (Å²) in [5, 5.41) is 4.03. The fraction of sp³-hybridized carbons (Fsp3) is 0.161. The number of hydrazone groups is 1. The van der Waals surface area contributed by atoms with Crippen molar-refractivity contribution in [3.63, 3.8) is 0 Å². The Balaban J connectivity index is 1.42. The summed E-state index contributed by atoms with van der Waals surface area (Å²) in [5.74, 6) is 0.150. The van der Waals surface area contributed by atoms with Crippen molar-refractivity contribution in [2.24, 2.45) is 5.10 Å². The fourth-order valence-electron chi connectivity index (χ4n) is 3.87. The molecule has 0 radical (unpaired) electrons. The second-order valence-corrected chi connectivity index (χ2v) is 11.0. The van der Waals surface area contributed by atoms with E-state index in [-0.39, 0.29) is 4.90 Å². The van der Waals surface area contributed by atoms with Gasteiger partial charge in [-0.1, -0.05) is 60.2 Å². The van der Waals surface area contributed by atoms with Crippen LogP contribution in [0.5, 0.6) is 5.75 Å². The third kappa shape index (κ3) is 7.12. The number of anilines is 1. The molecule has 0 saturated heterocycles. The van der Waals surface area contributed by atoms with Gasteiger partial charge in [0.15, 0.2) is 0 Å². The van der Waals surface area contributed by atoms with E-state index in [9.17, 15) is 13.2 Å². The summed E-state index contributed by atoms with van der Waals surface area (Å²) in [7, 11) is -3.99. The summed E-state index contributed by atoms with van der Waals surface area (Å²) < 4.78 is 34.0. The Morgan fingerprint density at radius 2 is 1.56 bits per heavy atom. The number of aryl methyl sites for hydroxylation is 2. The lowest BCUT2D eigenvalue weighted by Gasteiger charge is -2.26. The van der Waals surface area contributed by atoms with Crippen molar-refractivity contribution >= 4 is 27.8 Å². The van der Waals surface area contributed by atoms with E-state index in [1.165, 1.54) is 23.9 Å². The van der Waals surface area contributed by atoms with Crippen LogP contribution in [0.15, 0.2) is 107 Å². The maximum absolute atomic E-state index is 13.5. The fourth-order valence-corrected chi connectivity index (χ4v) is 5.37. The average molecular weight is 542 g/mol. The molecule has 4 aromatic carbocycles. The first-order chi connectivity index (χ1) is 18.7. The number of rotatable bonds is 10. The molecule has 0 aliphatic rings. The minimum Gasteiger partial charge on any atom is -0.489 e. The quantitative estimate of drug-likeness (QED) is 0.211. The monoisotopic (exact) mass is 541 g/mol. The van der Waals surface area contributed by atoms with Crippen LogP contribution in [0.1, 0.15) is 27.8 Å². The highest BCUT2D eigenvalue weighted by atomic mass is 32.2. The van der Waals surface area contributed by atoms with Gasteiger partial charge in [0.1, 0.15) is 18.9 Å². The van der Waals surface area contributed by atoms with Crippen LogP contribution in [0.3, 0.4) is 0 Å². The molecule has 7 nitrogen and oxygen atoms in total. The summed E-state index contributed by atoms with van der Waals surface area (Å²) in [4.78, 5) is 12.9. The Labute approximate surface area is 229 Å². The van der Waals surface area contributed by atoms with Gasteiger partial charge in [-0.2, -0.15) is 5.10 Å². The van der Waals surface area contributed by atoms with Crippen LogP contribution in [0.2, 0.25) is 0 Å². The van der Waals surface area contributed by atoms with Gasteiger partial charge in [-0.05, 0) is 85.5 Å². The molecule has 0 fully saturated rings. The molecule has 39 heavy (non-hydrogen) atoms. The van der Waals surface area contributed by atoms with Gasteiger partial charge < -0.3 is 4.74 Å². The molecule has 1 N–H and O–H groups in total. The second-order valence-electron chi connectivity index (χ2n) is 9.18. The van der Waals surface area contributed by atoms with E-state index in [1.54, 1.807) is 30.3 Å². The highest BCUT2D eigenvalue weighted by Gasteiger charge is 2.28. The van der Waals surface area contributed by atoms with E-state index in [0.717, 1.165) is 26.6 Å². The van der Waals surface area contributed by atoms with E-state index in [0.29, 0.717) is 18.0 Å². The Morgan fingerprint density at radius 1 is 0.872 bits per heavy atom. The molecule has 4 aromatic rings. The van der Waals surface area contributed by atoms with Crippen molar-refractivity contribution in [1.29, 1.82) is 0 Å². The Hall–Kier alpha value is -4.43. The molecule has 0 bridgehead atoms. The van der Waals surface area contributed by atoms with Crippen molar-refractivity contribution in [1.82, 2.24) is 5.43 Å². The lowest BCUT2D eigenvalue weighted by atomic mass is 10.1. The standard InChI is InChI=1S/C31H31N3O4S/c1-23-12-14-27(15-13-23)22-38-28-18-16-26(17-19-28)20-32-33-31(35)21-34(30-11-7-8-24(2)25(30)3)39(36,37)29-9-5-4-6-10-29/h4-20H,21-22H2,1-3H3,(H,33,35)/b32-20+. The van der Waals surface area contributed by atoms with Crippen LogP contribution in [-0.4, -0.2) is 27.1 Å². The third-order valence-corrected chi connectivity index (χ3v) is 8.05. The zero-order valence-corrected chi connectivity index (χ0v) is 23.0. The number of sulfonamides is 1. The van der Waals surface area contributed by atoms with E-state index >= 15 is 0 Å². The van der Waals surface area contributed by atoms with Crippen LogP contribution in [-0.2, 0) is 21.4 Å². The molecule has 0 saturated carbocycles. The van der Waals surface area contributed by atoms with Crippen molar-refractivity contribution in [2.75, 3.05) is 10.8 Å². The van der Waals surface area contributed by atoms with Crippen molar-refractivity contribution in [3.05, 3.63) is 125 Å². The van der Waals surface area contributed by atoms with Crippen molar-refractivity contribution in [3.8, 4) is 5.75 Å². The number of nitrogens with zero attached hydrogens (tertiary/aromatic N) is 2. The minimum absolute atomic E-state index is 0.104. The number of hydrogen-bond donors (Lipinski definition) is 1. The lowest BCUT2D eigenvalue weighted by molar-refractivity contribution is -0.119. The predicted molar refractivity (Wildman–Crippen MR) is 155 cm³/mol. The smallest absolute Gasteiger partial charge is 0.264 e. The first-order valence-corrected chi connectivity index (χ1v) is 13.9. The Bertz CT molecular complexity index is 1550. The summed E-state index contributed by atoms with van der Waals surface area (Å²) in [5.41, 5.74) is 7.62. The number of carbonyl (C=O) groups excluding carboxylic acids is 1. The molecule has 0 unspecified atom stereocenters. The van der Waals surface area contributed by atoms with Crippen LogP contribution < -0.4 is 14.5 Å². The molecule has 0 aliphatic carbocycles. The normalized spacial score (nSPS) is 11.4. The van der Waals surface area contributed by atoms with Gasteiger partial charge in [0.05, 0.1) is 16.8 Å². The van der Waals surface area contributed by atoms with Crippen LogP contribution in [0, 0.1) is 20.8 Å². The summed E-state index contributed by atoms with van der Waals surface area (Å²) in [6.45, 7) is 5.82. The maximum atomic E-state index is 13.5. The van der Waals surface area contributed by atoms with Gasteiger partial charge in [-0.25, -0.2) is 13.8 Å². The summed E-state index contributed by atoms with van der Waals surface area (Å²) in [6.07, 6.45) is 1.50. The first kappa shape index (κ1) is 27.6. The van der Waals surface area contributed by atoms with Crippen molar-refractivity contribution < 1.29 is 17.9 Å². The van der Waals surface area contributed by atoms with Crippen LogP contribution in [0.25, 0.3) is 0 Å². The highest BCUT2D eigenvalue weighted by molar-refractivity contribution is 7.92. The summed E-state index contributed by atoms with van der Waals surface area (Å²) in [6, 6.07) is 28.9. The molecule has 4 rings (SSSR count). The molecular formula is C31H31N3O4S. The van der Waals surface area contributed by atoms with Gasteiger partial charge >= 0.3 is 0 Å². The molecule has 0 spiro atoms. The van der Waals surface area contributed by atoms with Crippen LogP contribution in [0.4, 0.5) is 5.69 Å². The molecule has 0 aromatic heterocycles. The number of ether oxygens (including phenoxy) is 1. The Kier molecular flexibility index (Phi) is 8.78. The highest BCUT2D eigenvalue weighted by Crippen LogP contribution is 2.28. The van der Waals surface area contributed by atoms with E-state index in [4.69, 9.17) is 4.74 Å². The van der Waals surface area contributed by atoms with Gasteiger partial charge in [-0.3, -0.25) is 9.10 Å². The van der Waals surface area contributed by atoms with E-state index in [1.807, 2.05) is 75.4 Å². The largest absolute Gasteiger partial charge is 0.489 e. The molecular weight excluding hydrogens is 510 g/mol. The van der Waals surface area contributed by atoms with Gasteiger partial charge in [0.2, 0.25) is 0 Å². The number of carbonyl (C=O) groups is 1. The lowest BCUT2D eigenvalue weighted by Crippen LogP contribution is -2.40. The second kappa shape index (κ2) is 12.4. The minimum atomic E-state index is -3.99. The molecule has 200 valence electrons. The van der Waals surface area contributed by atoms with E-state index < -0.39 is 22.5 Å². The molecule has 0 atom stereocenters. The molecule has 0 aliphatic heterocycles. The predicted octanol–water partition coefficient (Wildman–Crippen LogP) is 5.54. The average Bonchev–Trinajstić information content (AvgIpc) is 2.94. The molecule has 0 heterocycles. The van der Waals surface area contributed by atoms with Crippen LogP contribution >= 0.6 is 0 Å². The van der Waals surface area contributed by atoms with Crippen molar-refractivity contribution in [2.45, 2.75) is 32.3 Å². The zero-order chi connectivity index (χ0) is 27.8. The zero-order valence-electron chi connectivity index (χ0n) is 22.2. The number of benzene rings is 4. The number of hydrogen-bond acceptors (Lipinski definition) is 5. The van der Waals surface area contributed by atoms with Gasteiger partial charge in [0, 0.05) is 0 Å². The van der Waals surface area contributed by atoms with Gasteiger partial charge in [-0.15, -0.1) is 0 Å². The van der Waals surface area contributed by atoms with Gasteiger partial charge in [0.25, 0.3) is 15.9 Å². The first-order valence-electron chi connectivity index (χ1n) is 12.5. The third-order valence-electron chi connectivity index (χ3n) is 6.27. The number of amides is 1. The SMILES string of the molecule is Cc1ccc(COc2ccc(/C=N/NC(=O)CN(c3cccc(C)c3C)S(=O)(=O)c3ccccc3)cc2)cc1. The Morgan fingerprint density at radius 3 is 2.26 bits per heavy atom. The maximum Gasteiger partial charge on any atom is 0.264 e. The summed E-state index contributed by atoms with van der Waals surface area (Å²) >= 11 is 0. The molecule has 1 amide bonds. The number of nitrogens with one attached hydrogen (secondary N) is 1.